The summed E-state index contributed by atoms with van der Waals surface area (Å²) in [7, 11) is 1.48. The first-order valence-corrected chi connectivity index (χ1v) is 7.57. The van der Waals surface area contributed by atoms with Gasteiger partial charge in [0.15, 0.2) is 23.1 Å². The number of halogens is 2. The van der Waals surface area contributed by atoms with E-state index >= 15 is 0 Å². The lowest BCUT2D eigenvalue weighted by Gasteiger charge is -2.19. The molecule has 0 saturated carbocycles. The highest BCUT2D eigenvalue weighted by atomic mass is 19.1. The maximum atomic E-state index is 14.0. The lowest BCUT2D eigenvalue weighted by atomic mass is 10.1. The second-order valence-corrected chi connectivity index (χ2v) is 5.28. The maximum absolute atomic E-state index is 14.0. The summed E-state index contributed by atoms with van der Waals surface area (Å²) in [4.78, 5) is 0. The summed E-state index contributed by atoms with van der Waals surface area (Å²) in [5.74, 6) is -0.764. The molecule has 0 spiro atoms. The zero-order chi connectivity index (χ0) is 18.4. The van der Waals surface area contributed by atoms with Crippen molar-refractivity contribution >= 4 is 5.69 Å². The Balaban J connectivity index is 2.24. The van der Waals surface area contributed by atoms with Crippen molar-refractivity contribution in [2.24, 2.45) is 0 Å². The molecule has 2 aromatic rings. The largest absolute Gasteiger partial charge is 0.493 e. The van der Waals surface area contributed by atoms with Gasteiger partial charge in [-0.2, -0.15) is 5.26 Å². The molecule has 0 bridgehead atoms. The number of hydrogen-bond acceptors (Lipinski definition) is 5. The van der Waals surface area contributed by atoms with Gasteiger partial charge < -0.3 is 19.9 Å². The highest BCUT2D eigenvalue weighted by Crippen LogP contribution is 2.32. The molecule has 0 aliphatic heterocycles. The molecule has 0 saturated heterocycles. The molecule has 5 nitrogen and oxygen atoms in total. The van der Waals surface area contributed by atoms with Gasteiger partial charge in [0.2, 0.25) is 0 Å². The van der Waals surface area contributed by atoms with Gasteiger partial charge in [-0.3, -0.25) is 0 Å². The van der Waals surface area contributed by atoms with E-state index in [1.165, 1.54) is 7.11 Å². The predicted octanol–water partition coefficient (Wildman–Crippen LogP) is 3.39. The number of ether oxygens (including phenoxy) is 2. The quantitative estimate of drug-likeness (QED) is 0.802. The van der Waals surface area contributed by atoms with Crippen LogP contribution in [-0.2, 0) is 0 Å². The van der Waals surface area contributed by atoms with Crippen LogP contribution in [0.1, 0.15) is 24.1 Å². The number of aliphatic hydroxyl groups excluding tert-OH is 1. The SMILES string of the molecule is COc1cc([C@H](C)Nc2c(F)cc(C#N)cc2F)ccc1OCCO. The van der Waals surface area contributed by atoms with Gasteiger partial charge >= 0.3 is 0 Å². The average molecular weight is 348 g/mol. The summed E-state index contributed by atoms with van der Waals surface area (Å²) in [6.45, 7) is 1.74. The van der Waals surface area contributed by atoms with E-state index in [0.717, 1.165) is 17.7 Å². The van der Waals surface area contributed by atoms with E-state index in [9.17, 15) is 8.78 Å². The molecular formula is C18H18F2N2O3. The van der Waals surface area contributed by atoms with Crippen molar-refractivity contribution in [1.82, 2.24) is 0 Å². The van der Waals surface area contributed by atoms with Crippen LogP contribution >= 0.6 is 0 Å². The number of nitrogens with zero attached hydrogens (tertiary/aromatic N) is 1. The van der Waals surface area contributed by atoms with Crippen molar-refractivity contribution in [2.45, 2.75) is 13.0 Å². The highest BCUT2D eigenvalue weighted by molar-refractivity contribution is 5.53. The number of anilines is 1. The molecular weight excluding hydrogens is 330 g/mol. The first-order valence-electron chi connectivity index (χ1n) is 7.57. The number of aliphatic hydroxyl groups is 1. The minimum absolute atomic E-state index is 0.0831. The van der Waals surface area contributed by atoms with Gasteiger partial charge in [-0.25, -0.2) is 8.78 Å². The van der Waals surface area contributed by atoms with Gasteiger partial charge in [-0.15, -0.1) is 0 Å². The lowest BCUT2D eigenvalue weighted by molar-refractivity contribution is 0.196. The summed E-state index contributed by atoms with van der Waals surface area (Å²) in [6.07, 6.45) is 0. The molecule has 0 amide bonds. The van der Waals surface area contributed by atoms with Crippen LogP contribution in [0.4, 0.5) is 14.5 Å². The number of nitrogens with one attached hydrogen (secondary N) is 1. The van der Waals surface area contributed by atoms with E-state index in [0.29, 0.717) is 11.5 Å². The molecule has 2 aromatic carbocycles. The molecule has 7 heteroatoms. The topological polar surface area (TPSA) is 74.5 Å². The van der Waals surface area contributed by atoms with Gasteiger partial charge in [0.1, 0.15) is 12.3 Å². The van der Waals surface area contributed by atoms with E-state index in [1.807, 2.05) is 0 Å². The summed E-state index contributed by atoms with van der Waals surface area (Å²) in [5, 5.41) is 20.3. The molecule has 0 heterocycles. The van der Waals surface area contributed by atoms with E-state index < -0.39 is 17.7 Å². The van der Waals surface area contributed by atoms with Crippen molar-refractivity contribution in [1.29, 1.82) is 5.26 Å². The van der Waals surface area contributed by atoms with E-state index in [-0.39, 0.29) is 24.5 Å². The zero-order valence-corrected chi connectivity index (χ0v) is 13.8. The fraction of sp³-hybridized carbons (Fsp3) is 0.278. The Hall–Kier alpha value is -2.85. The molecule has 0 aliphatic carbocycles. The Morgan fingerprint density at radius 2 is 1.88 bits per heavy atom. The molecule has 2 rings (SSSR count). The molecule has 0 aliphatic rings. The minimum Gasteiger partial charge on any atom is -0.493 e. The van der Waals surface area contributed by atoms with E-state index in [1.54, 1.807) is 31.2 Å². The molecule has 1 atom stereocenters. The molecule has 2 N–H and O–H groups in total. The highest BCUT2D eigenvalue weighted by Gasteiger charge is 2.16. The van der Waals surface area contributed by atoms with E-state index in [2.05, 4.69) is 5.32 Å². The molecule has 132 valence electrons. The predicted molar refractivity (Wildman–Crippen MR) is 88.7 cm³/mol. The van der Waals surface area contributed by atoms with Gasteiger partial charge in [0.25, 0.3) is 0 Å². The van der Waals surface area contributed by atoms with Gasteiger partial charge in [0, 0.05) is 6.04 Å². The molecule has 0 fully saturated rings. The standard InChI is InChI=1S/C18H18F2N2O3/c1-11(22-18-14(19)7-12(10-21)8-15(18)20)13-3-4-16(25-6-5-23)17(9-13)24-2/h3-4,7-9,11,22-23H,5-6H2,1-2H3/t11-/m0/s1. The molecule has 0 unspecified atom stereocenters. The van der Waals surface area contributed by atoms with Crippen molar-refractivity contribution in [3.8, 4) is 17.6 Å². The van der Waals surface area contributed by atoms with Crippen molar-refractivity contribution in [2.75, 3.05) is 25.6 Å². The smallest absolute Gasteiger partial charge is 0.161 e. The number of benzene rings is 2. The second-order valence-electron chi connectivity index (χ2n) is 5.28. The fourth-order valence-electron chi connectivity index (χ4n) is 2.30. The van der Waals surface area contributed by atoms with Crippen LogP contribution in [0.2, 0.25) is 0 Å². The maximum Gasteiger partial charge on any atom is 0.161 e. The summed E-state index contributed by atoms with van der Waals surface area (Å²) >= 11 is 0. The number of hydrogen-bond donors (Lipinski definition) is 2. The first-order chi connectivity index (χ1) is 12.0. The van der Waals surface area contributed by atoms with Crippen LogP contribution < -0.4 is 14.8 Å². The second kappa shape index (κ2) is 8.31. The summed E-state index contributed by atoms with van der Waals surface area (Å²) < 4.78 is 38.6. The number of rotatable bonds is 7. The minimum atomic E-state index is -0.835. The van der Waals surface area contributed by atoms with Crippen LogP contribution in [0.3, 0.4) is 0 Å². The zero-order valence-electron chi connectivity index (χ0n) is 13.8. The van der Waals surface area contributed by atoms with Gasteiger partial charge in [-0.05, 0) is 36.8 Å². The summed E-state index contributed by atoms with van der Waals surface area (Å²) in [5.41, 5.74) is 0.336. The normalized spacial score (nSPS) is 11.5. The fourth-order valence-corrected chi connectivity index (χ4v) is 2.30. The molecule has 25 heavy (non-hydrogen) atoms. The Kier molecular flexibility index (Phi) is 6.14. The first kappa shape index (κ1) is 18.5. The Bertz CT molecular complexity index is 767. The summed E-state index contributed by atoms with van der Waals surface area (Å²) in [6, 6.07) is 8.30. The van der Waals surface area contributed by atoms with Gasteiger partial charge in [-0.1, -0.05) is 6.07 Å². The number of methoxy groups -OCH3 is 1. The van der Waals surface area contributed by atoms with Crippen LogP contribution in [0.5, 0.6) is 11.5 Å². The van der Waals surface area contributed by atoms with Crippen LogP contribution in [-0.4, -0.2) is 25.4 Å². The monoisotopic (exact) mass is 348 g/mol. The number of nitriles is 1. The Labute approximate surface area is 144 Å². The van der Waals surface area contributed by atoms with Crippen molar-refractivity contribution in [3.05, 3.63) is 53.1 Å². The van der Waals surface area contributed by atoms with Crippen molar-refractivity contribution < 1.29 is 23.4 Å². The Morgan fingerprint density at radius 3 is 2.44 bits per heavy atom. The van der Waals surface area contributed by atoms with E-state index in [4.69, 9.17) is 19.8 Å². The van der Waals surface area contributed by atoms with Crippen LogP contribution in [0.25, 0.3) is 0 Å². The third-order valence-corrected chi connectivity index (χ3v) is 3.57. The van der Waals surface area contributed by atoms with Crippen LogP contribution in [0, 0.1) is 23.0 Å². The molecule has 0 aromatic heterocycles. The van der Waals surface area contributed by atoms with Crippen LogP contribution in [0.15, 0.2) is 30.3 Å². The van der Waals surface area contributed by atoms with Crippen molar-refractivity contribution in [3.63, 3.8) is 0 Å². The third-order valence-electron chi connectivity index (χ3n) is 3.57. The molecule has 0 radical (unpaired) electrons. The average Bonchev–Trinajstić information content (AvgIpc) is 2.62. The lowest BCUT2D eigenvalue weighted by Crippen LogP contribution is -2.10. The Morgan fingerprint density at radius 1 is 1.20 bits per heavy atom. The third kappa shape index (κ3) is 4.37. The van der Waals surface area contributed by atoms with Gasteiger partial charge in [0.05, 0.1) is 25.3 Å².